The summed E-state index contributed by atoms with van der Waals surface area (Å²) in [5, 5.41) is 17.1. The summed E-state index contributed by atoms with van der Waals surface area (Å²) in [4.78, 5) is 48.0. The second kappa shape index (κ2) is 6.68. The molecule has 0 radical (unpaired) electrons. The summed E-state index contributed by atoms with van der Waals surface area (Å²) in [7, 11) is 0. The Labute approximate surface area is 156 Å². The molecule has 8 nitrogen and oxygen atoms in total. The molecule has 3 rings (SSSR count). The van der Waals surface area contributed by atoms with Crippen molar-refractivity contribution in [3.05, 3.63) is 35.4 Å². The first-order chi connectivity index (χ1) is 12.7. The quantitative estimate of drug-likeness (QED) is 0.596. The molecule has 1 aliphatic heterocycles. The molecule has 0 bridgehead atoms. The minimum absolute atomic E-state index is 0.304. The number of imide groups is 1. The summed E-state index contributed by atoms with van der Waals surface area (Å²) in [6.07, 6.45) is 2.79. The Morgan fingerprint density at radius 3 is 2.59 bits per heavy atom. The third-order valence-corrected chi connectivity index (χ3v) is 5.65. The van der Waals surface area contributed by atoms with E-state index in [1.165, 1.54) is 0 Å². The SMILES string of the molecule is CC1(c2cccc(C(=O)NC3(C)CCCCC3C(=O)O)c2)NC(=O)NC1=O. The van der Waals surface area contributed by atoms with Gasteiger partial charge in [-0.05, 0) is 44.4 Å². The lowest BCUT2D eigenvalue weighted by atomic mass is 9.73. The van der Waals surface area contributed by atoms with Gasteiger partial charge in [-0.3, -0.25) is 19.7 Å². The van der Waals surface area contributed by atoms with Crippen LogP contribution in [0.5, 0.6) is 0 Å². The van der Waals surface area contributed by atoms with Crippen molar-refractivity contribution < 1.29 is 24.3 Å². The normalized spacial score (nSPS) is 30.4. The van der Waals surface area contributed by atoms with E-state index in [2.05, 4.69) is 16.0 Å². The predicted molar refractivity (Wildman–Crippen MR) is 95.9 cm³/mol. The average molecular weight is 373 g/mol. The number of hydrogen-bond acceptors (Lipinski definition) is 4. The highest BCUT2D eigenvalue weighted by atomic mass is 16.4. The number of rotatable bonds is 4. The zero-order valence-electron chi connectivity index (χ0n) is 15.3. The van der Waals surface area contributed by atoms with Gasteiger partial charge in [0.1, 0.15) is 5.54 Å². The molecule has 1 saturated heterocycles. The smallest absolute Gasteiger partial charge is 0.322 e. The number of carboxylic acids is 1. The molecule has 4 N–H and O–H groups in total. The number of carbonyl (C=O) groups is 4. The number of urea groups is 1. The van der Waals surface area contributed by atoms with Crippen molar-refractivity contribution in [1.29, 1.82) is 0 Å². The molecule has 1 saturated carbocycles. The van der Waals surface area contributed by atoms with Gasteiger partial charge in [0.25, 0.3) is 11.8 Å². The topological polar surface area (TPSA) is 125 Å². The largest absolute Gasteiger partial charge is 0.481 e. The summed E-state index contributed by atoms with van der Waals surface area (Å²) >= 11 is 0. The second-order valence-corrected chi connectivity index (χ2v) is 7.62. The monoisotopic (exact) mass is 373 g/mol. The van der Waals surface area contributed by atoms with Crippen LogP contribution in [-0.2, 0) is 15.1 Å². The molecule has 0 spiro atoms. The maximum atomic E-state index is 12.8. The van der Waals surface area contributed by atoms with Gasteiger partial charge in [0.2, 0.25) is 0 Å². The molecule has 4 amide bonds. The van der Waals surface area contributed by atoms with Crippen molar-refractivity contribution in [2.75, 3.05) is 0 Å². The molecule has 3 unspecified atom stereocenters. The van der Waals surface area contributed by atoms with Crippen LogP contribution in [-0.4, -0.2) is 34.5 Å². The number of aliphatic carboxylic acids is 1. The van der Waals surface area contributed by atoms with Crippen molar-refractivity contribution in [2.24, 2.45) is 5.92 Å². The summed E-state index contributed by atoms with van der Waals surface area (Å²) in [6, 6.07) is 5.84. The number of carboxylic acid groups (broad SMARTS) is 1. The van der Waals surface area contributed by atoms with Crippen LogP contribution in [0.2, 0.25) is 0 Å². The van der Waals surface area contributed by atoms with Crippen molar-refractivity contribution in [1.82, 2.24) is 16.0 Å². The van der Waals surface area contributed by atoms with Crippen LogP contribution in [0, 0.1) is 5.92 Å². The van der Waals surface area contributed by atoms with E-state index in [1.807, 2.05) is 0 Å². The highest BCUT2D eigenvalue weighted by Crippen LogP contribution is 2.34. The zero-order valence-corrected chi connectivity index (χ0v) is 15.3. The van der Waals surface area contributed by atoms with Crippen molar-refractivity contribution >= 4 is 23.8 Å². The molecular weight excluding hydrogens is 350 g/mol. The first-order valence-electron chi connectivity index (χ1n) is 8.95. The van der Waals surface area contributed by atoms with Crippen LogP contribution in [0.15, 0.2) is 24.3 Å². The maximum Gasteiger partial charge on any atom is 0.322 e. The van der Waals surface area contributed by atoms with E-state index >= 15 is 0 Å². The third kappa shape index (κ3) is 3.39. The lowest BCUT2D eigenvalue weighted by Crippen LogP contribution is -2.55. The van der Waals surface area contributed by atoms with E-state index < -0.39 is 40.8 Å². The molecule has 1 aliphatic carbocycles. The Kier molecular flexibility index (Phi) is 4.67. The highest BCUT2D eigenvalue weighted by Gasteiger charge is 2.44. The highest BCUT2D eigenvalue weighted by molar-refractivity contribution is 6.07. The van der Waals surface area contributed by atoms with E-state index in [4.69, 9.17) is 0 Å². The van der Waals surface area contributed by atoms with Gasteiger partial charge >= 0.3 is 12.0 Å². The fourth-order valence-electron chi connectivity index (χ4n) is 3.93. The second-order valence-electron chi connectivity index (χ2n) is 7.62. The van der Waals surface area contributed by atoms with Crippen LogP contribution in [0.25, 0.3) is 0 Å². The number of hydrogen-bond donors (Lipinski definition) is 4. The van der Waals surface area contributed by atoms with Crippen LogP contribution >= 0.6 is 0 Å². The van der Waals surface area contributed by atoms with Crippen molar-refractivity contribution in [3.63, 3.8) is 0 Å². The Balaban J connectivity index is 1.85. The van der Waals surface area contributed by atoms with Crippen molar-refractivity contribution in [3.8, 4) is 0 Å². The van der Waals surface area contributed by atoms with Gasteiger partial charge in [-0.1, -0.05) is 25.0 Å². The Morgan fingerprint density at radius 1 is 1.22 bits per heavy atom. The van der Waals surface area contributed by atoms with Crippen LogP contribution in [0.1, 0.15) is 55.5 Å². The molecule has 3 atom stereocenters. The van der Waals surface area contributed by atoms with Gasteiger partial charge in [-0.25, -0.2) is 4.79 Å². The molecule has 27 heavy (non-hydrogen) atoms. The molecule has 2 fully saturated rings. The molecule has 1 aromatic carbocycles. The predicted octanol–water partition coefficient (Wildman–Crippen LogP) is 1.50. The maximum absolute atomic E-state index is 12.8. The van der Waals surface area contributed by atoms with Crippen molar-refractivity contribution in [2.45, 2.75) is 50.6 Å². The van der Waals surface area contributed by atoms with Crippen LogP contribution in [0.4, 0.5) is 4.79 Å². The molecular formula is C19H23N3O5. The van der Waals surface area contributed by atoms with E-state index in [0.29, 0.717) is 24.0 Å². The fraction of sp³-hybridized carbons (Fsp3) is 0.474. The van der Waals surface area contributed by atoms with Crippen LogP contribution < -0.4 is 16.0 Å². The van der Waals surface area contributed by atoms with Gasteiger partial charge in [-0.15, -0.1) is 0 Å². The Hall–Kier alpha value is -2.90. The van der Waals surface area contributed by atoms with Gasteiger partial charge in [0.15, 0.2) is 0 Å². The van der Waals surface area contributed by atoms with E-state index in [9.17, 15) is 24.3 Å². The average Bonchev–Trinajstić information content (AvgIpc) is 2.88. The molecule has 144 valence electrons. The Morgan fingerprint density at radius 2 is 1.96 bits per heavy atom. The van der Waals surface area contributed by atoms with Gasteiger partial charge in [0.05, 0.1) is 11.5 Å². The third-order valence-electron chi connectivity index (χ3n) is 5.65. The standard InChI is InChI=1S/C19H23N3O5/c1-18(9-4-3-8-13(18)15(24)25)21-14(23)11-6-5-7-12(10-11)19(2)16(26)20-17(27)22-19/h5-7,10,13H,3-4,8-9H2,1-2H3,(H,21,23)(H,24,25)(H2,20,22,26,27). The zero-order chi connectivity index (χ0) is 19.8. The Bertz CT molecular complexity index is 823. The number of nitrogens with one attached hydrogen (secondary N) is 3. The number of benzene rings is 1. The first kappa shape index (κ1) is 18.9. The molecule has 2 aliphatic rings. The molecule has 0 aromatic heterocycles. The van der Waals surface area contributed by atoms with Gasteiger partial charge < -0.3 is 15.7 Å². The minimum atomic E-state index is -1.26. The van der Waals surface area contributed by atoms with Gasteiger partial charge in [-0.2, -0.15) is 0 Å². The lowest BCUT2D eigenvalue weighted by molar-refractivity contribution is -0.145. The fourth-order valence-corrected chi connectivity index (χ4v) is 3.93. The van der Waals surface area contributed by atoms with E-state index in [0.717, 1.165) is 12.8 Å². The molecule has 1 aromatic rings. The summed E-state index contributed by atoms with van der Waals surface area (Å²) < 4.78 is 0. The molecule has 8 heteroatoms. The molecule has 1 heterocycles. The lowest BCUT2D eigenvalue weighted by Gasteiger charge is -2.39. The number of carbonyl (C=O) groups excluding carboxylic acids is 3. The first-order valence-corrected chi connectivity index (χ1v) is 8.95. The van der Waals surface area contributed by atoms with E-state index in [1.54, 1.807) is 38.1 Å². The summed E-state index contributed by atoms with van der Waals surface area (Å²) in [5.41, 5.74) is -1.31. The summed E-state index contributed by atoms with van der Waals surface area (Å²) in [5.74, 6) is -2.45. The summed E-state index contributed by atoms with van der Waals surface area (Å²) in [6.45, 7) is 3.33. The number of amides is 4. The minimum Gasteiger partial charge on any atom is -0.481 e. The van der Waals surface area contributed by atoms with E-state index in [-0.39, 0.29) is 0 Å². The van der Waals surface area contributed by atoms with Crippen LogP contribution in [0.3, 0.4) is 0 Å². The van der Waals surface area contributed by atoms with Gasteiger partial charge in [0, 0.05) is 5.56 Å².